The number of benzene rings is 2. The van der Waals surface area contributed by atoms with Gasteiger partial charge in [-0.25, -0.2) is 4.79 Å². The third kappa shape index (κ3) is 5.30. The van der Waals surface area contributed by atoms with Crippen molar-refractivity contribution in [3.63, 3.8) is 0 Å². The van der Waals surface area contributed by atoms with E-state index >= 15 is 0 Å². The average Bonchev–Trinajstić information content (AvgIpc) is 2.98. The van der Waals surface area contributed by atoms with Crippen molar-refractivity contribution < 1.29 is 22.8 Å². The zero-order valence-corrected chi connectivity index (χ0v) is 24.2. The molecule has 230 valence electrons. The number of amides is 3. The molecule has 4 bridgehead atoms. The number of nitrogens with zero attached hydrogens (tertiary/aromatic N) is 4. The first-order chi connectivity index (χ1) is 20.6. The fourth-order valence-electron chi connectivity index (χ4n) is 8.88. The highest BCUT2D eigenvalue weighted by Crippen LogP contribution is 2.60. The van der Waals surface area contributed by atoms with Gasteiger partial charge in [-0.2, -0.15) is 13.2 Å². The molecule has 0 radical (unpaired) electrons. The summed E-state index contributed by atoms with van der Waals surface area (Å²) in [6.07, 6.45) is 0.411. The second-order valence-electron chi connectivity index (χ2n) is 13.3. The monoisotopic (exact) mass is 596 g/mol. The van der Waals surface area contributed by atoms with Crippen LogP contribution in [0.1, 0.15) is 32.1 Å². The van der Waals surface area contributed by atoms with Gasteiger partial charge in [-0.15, -0.1) is 0 Å². The topological polar surface area (TPSA) is 85.1 Å². The number of primary amides is 1. The van der Waals surface area contributed by atoms with Gasteiger partial charge >= 0.3 is 12.2 Å². The van der Waals surface area contributed by atoms with Crippen LogP contribution in [0.2, 0.25) is 0 Å². The van der Waals surface area contributed by atoms with Gasteiger partial charge in [-0.1, -0.05) is 12.1 Å². The highest BCUT2D eigenvalue weighted by molar-refractivity contribution is 5.98. The van der Waals surface area contributed by atoms with E-state index in [2.05, 4.69) is 15.1 Å². The Morgan fingerprint density at radius 1 is 0.837 bits per heavy atom. The second-order valence-corrected chi connectivity index (χ2v) is 13.3. The summed E-state index contributed by atoms with van der Waals surface area (Å²) in [6, 6.07) is 16.1. The number of piperazine rings is 1. The van der Waals surface area contributed by atoms with Gasteiger partial charge in [0.2, 0.25) is 5.91 Å². The number of nitrogens with two attached hydrogens (primary N) is 1. The Bertz CT molecular complexity index is 1360. The van der Waals surface area contributed by atoms with Crippen molar-refractivity contribution in [1.29, 1.82) is 0 Å². The molecule has 1 saturated heterocycles. The number of anilines is 4. The van der Waals surface area contributed by atoms with Crippen LogP contribution < -0.4 is 25.8 Å². The van der Waals surface area contributed by atoms with E-state index in [9.17, 15) is 22.8 Å². The van der Waals surface area contributed by atoms with Gasteiger partial charge in [0.15, 0.2) is 0 Å². The summed E-state index contributed by atoms with van der Waals surface area (Å²) >= 11 is 0. The molecule has 11 heteroatoms. The molecule has 0 spiro atoms. The third-order valence-corrected chi connectivity index (χ3v) is 10.6. The van der Waals surface area contributed by atoms with Crippen molar-refractivity contribution in [3.8, 4) is 0 Å². The molecule has 5 atom stereocenters. The first-order valence-corrected chi connectivity index (χ1v) is 15.5. The van der Waals surface area contributed by atoms with Crippen molar-refractivity contribution in [2.24, 2.45) is 28.9 Å². The van der Waals surface area contributed by atoms with Gasteiger partial charge < -0.3 is 20.9 Å². The minimum Gasteiger partial charge on any atom is -0.369 e. The van der Waals surface area contributed by atoms with E-state index in [1.165, 1.54) is 4.90 Å². The zero-order chi connectivity index (χ0) is 29.9. The molecule has 2 aromatic carbocycles. The van der Waals surface area contributed by atoms with Gasteiger partial charge in [-0.05, 0) is 86.3 Å². The van der Waals surface area contributed by atoms with E-state index in [0.29, 0.717) is 57.0 Å². The molecule has 3 amide bonds. The molecule has 43 heavy (non-hydrogen) atoms. The molecule has 3 N–H and O–H groups in total. The summed E-state index contributed by atoms with van der Waals surface area (Å²) in [5, 5.41) is 3.39. The van der Waals surface area contributed by atoms with E-state index in [4.69, 9.17) is 5.73 Å². The summed E-state index contributed by atoms with van der Waals surface area (Å²) in [5.74, 6) is 0.960. The molecular weight excluding hydrogens is 557 g/mol. The molecule has 8 nitrogen and oxygen atoms in total. The van der Waals surface area contributed by atoms with Gasteiger partial charge in [-0.3, -0.25) is 14.6 Å². The Morgan fingerprint density at radius 3 is 2.09 bits per heavy atom. The van der Waals surface area contributed by atoms with E-state index in [0.717, 1.165) is 54.9 Å². The number of hydrogen-bond donors (Lipinski definition) is 2. The maximum absolute atomic E-state index is 13.8. The smallest absolute Gasteiger partial charge is 0.369 e. The van der Waals surface area contributed by atoms with Gasteiger partial charge in [0.1, 0.15) is 0 Å². The van der Waals surface area contributed by atoms with Crippen LogP contribution in [-0.2, 0) is 4.79 Å². The Labute approximate surface area is 250 Å². The van der Waals surface area contributed by atoms with Crippen LogP contribution in [0.25, 0.3) is 0 Å². The lowest BCUT2D eigenvalue weighted by Gasteiger charge is -2.59. The summed E-state index contributed by atoms with van der Waals surface area (Å²) < 4.78 is 38.3. The molecule has 8 rings (SSSR count). The van der Waals surface area contributed by atoms with Crippen LogP contribution in [0.15, 0.2) is 48.5 Å². The number of nitrogens with one attached hydrogen (secondary N) is 1. The van der Waals surface area contributed by atoms with Crippen LogP contribution in [0, 0.1) is 23.2 Å². The number of rotatable bonds is 5. The predicted octanol–water partition coefficient (Wildman–Crippen LogP) is 4.72. The molecule has 2 heterocycles. The van der Waals surface area contributed by atoms with Gasteiger partial charge in [0.05, 0.1) is 17.9 Å². The lowest BCUT2D eigenvalue weighted by Crippen LogP contribution is -2.63. The molecular formula is C32H39F3N6O2. The number of para-hydroxylation sites is 2. The van der Waals surface area contributed by atoms with Crippen LogP contribution in [0.3, 0.4) is 0 Å². The molecule has 2 aromatic rings. The number of carbonyl (C=O) groups excluding carboxylic acids is 2. The highest BCUT2D eigenvalue weighted by atomic mass is 19.4. The van der Waals surface area contributed by atoms with E-state index in [-0.39, 0.29) is 23.4 Å². The molecule has 6 aliphatic rings. The molecule has 4 saturated carbocycles. The quantitative estimate of drug-likeness (QED) is 0.522. The Hall–Kier alpha value is -3.47. The van der Waals surface area contributed by atoms with Gasteiger partial charge in [0, 0.05) is 62.1 Å². The fourth-order valence-corrected chi connectivity index (χ4v) is 8.88. The van der Waals surface area contributed by atoms with Crippen molar-refractivity contribution in [3.05, 3.63) is 48.5 Å². The zero-order valence-electron chi connectivity index (χ0n) is 24.2. The number of fused-ring (bicyclic) bond motifs is 1. The summed E-state index contributed by atoms with van der Waals surface area (Å²) in [5.41, 5.74) is 9.29. The van der Waals surface area contributed by atoms with Crippen LogP contribution in [-0.4, -0.2) is 74.9 Å². The third-order valence-electron chi connectivity index (χ3n) is 10.6. The van der Waals surface area contributed by atoms with Crippen molar-refractivity contribution >= 4 is 34.7 Å². The lowest BCUT2D eigenvalue weighted by molar-refractivity contribution is -0.146. The maximum atomic E-state index is 13.8. The normalized spacial score (nSPS) is 30.3. The van der Waals surface area contributed by atoms with Crippen LogP contribution >= 0.6 is 0 Å². The minimum absolute atomic E-state index is 0.0737. The van der Waals surface area contributed by atoms with Crippen LogP contribution in [0.5, 0.6) is 0 Å². The molecule has 3 unspecified atom stereocenters. The Kier molecular flexibility index (Phi) is 6.98. The summed E-state index contributed by atoms with van der Waals surface area (Å²) in [6.45, 7) is 2.17. The van der Waals surface area contributed by atoms with E-state index in [1.54, 1.807) is 0 Å². The minimum atomic E-state index is -4.17. The predicted molar refractivity (Wildman–Crippen MR) is 159 cm³/mol. The first-order valence-electron chi connectivity index (χ1n) is 15.5. The standard InChI is InChI=1S/C32H39F3N6O2/c33-32(34,35)20-38-9-11-39(12-10-38)24-5-7-25(8-6-24)40-13-14-41(27-4-2-1-3-26(27)40)30(43)37-28-22-15-21-16-23(28)19-31(17-21,18-22)29(36)42/h1-8,21-23,28H,9-20H2,(H2,36,42)(H,37,43)/t21?,22-,23+,28?,31?. The molecule has 0 aromatic heterocycles. The molecule has 5 fully saturated rings. The van der Waals surface area contributed by atoms with E-state index < -0.39 is 12.7 Å². The second kappa shape index (κ2) is 10.6. The average molecular weight is 597 g/mol. The van der Waals surface area contributed by atoms with E-state index in [1.807, 2.05) is 53.4 Å². The van der Waals surface area contributed by atoms with Crippen molar-refractivity contribution in [1.82, 2.24) is 10.2 Å². The summed E-state index contributed by atoms with van der Waals surface area (Å²) in [7, 11) is 0. The van der Waals surface area contributed by atoms with Gasteiger partial charge in [0.25, 0.3) is 0 Å². The SMILES string of the molecule is NC(=O)C12CC3C[C@H](C1)C(NC(=O)N1CCN(c4ccc(N5CCN(CC(F)(F)F)CC5)cc4)c4ccccc41)[C@@H](C3)C2. The number of urea groups is 1. The van der Waals surface area contributed by atoms with Crippen molar-refractivity contribution in [2.45, 2.75) is 44.3 Å². The first kappa shape index (κ1) is 28.3. The van der Waals surface area contributed by atoms with Crippen molar-refractivity contribution in [2.75, 3.05) is 60.5 Å². The number of alkyl halides is 3. The maximum Gasteiger partial charge on any atom is 0.401 e. The van der Waals surface area contributed by atoms with Crippen LogP contribution in [0.4, 0.5) is 40.7 Å². The molecule has 2 aliphatic heterocycles. The summed E-state index contributed by atoms with van der Waals surface area (Å²) in [4.78, 5) is 33.8. The Balaban J connectivity index is 1.02. The number of halogens is 3. The molecule has 4 aliphatic carbocycles. The highest BCUT2D eigenvalue weighted by Gasteiger charge is 2.58. The lowest BCUT2D eigenvalue weighted by atomic mass is 9.47. The Morgan fingerprint density at radius 2 is 1.47 bits per heavy atom. The number of hydrogen-bond acceptors (Lipinski definition) is 5. The number of carbonyl (C=O) groups is 2. The largest absolute Gasteiger partial charge is 0.401 e. The fraction of sp³-hybridized carbons (Fsp3) is 0.562.